The molecule has 0 radical (unpaired) electrons. The Bertz CT molecular complexity index is 748. The quantitative estimate of drug-likeness (QED) is 0.901. The van der Waals surface area contributed by atoms with Gasteiger partial charge in [-0.2, -0.15) is 0 Å². The van der Waals surface area contributed by atoms with Crippen molar-refractivity contribution in [2.24, 2.45) is 5.92 Å². The molecule has 1 N–H and O–H groups in total. The first kappa shape index (κ1) is 16.3. The highest BCUT2D eigenvalue weighted by Gasteiger charge is 2.24. The van der Waals surface area contributed by atoms with Gasteiger partial charge in [-0.1, -0.05) is 29.8 Å². The van der Waals surface area contributed by atoms with Gasteiger partial charge in [0.15, 0.2) is 0 Å². The summed E-state index contributed by atoms with van der Waals surface area (Å²) in [6.07, 6.45) is 0.972. The zero-order valence-electron chi connectivity index (χ0n) is 12.7. The van der Waals surface area contributed by atoms with Crippen LogP contribution in [-0.2, 0) is 10.0 Å². The number of sulfonamides is 1. The van der Waals surface area contributed by atoms with Crippen molar-refractivity contribution in [1.82, 2.24) is 4.72 Å². The van der Waals surface area contributed by atoms with E-state index in [1.54, 1.807) is 30.3 Å². The van der Waals surface area contributed by atoms with Crippen molar-refractivity contribution < 1.29 is 8.42 Å². The predicted octanol–water partition coefficient (Wildman–Crippen LogP) is 3.14. The highest BCUT2D eigenvalue weighted by atomic mass is 35.5. The second-order valence-electron chi connectivity index (χ2n) is 5.74. The van der Waals surface area contributed by atoms with Crippen molar-refractivity contribution in [2.45, 2.75) is 11.3 Å². The van der Waals surface area contributed by atoms with Gasteiger partial charge in [-0.3, -0.25) is 0 Å². The van der Waals surface area contributed by atoms with E-state index in [2.05, 4.69) is 9.62 Å². The number of nitrogens with zero attached hydrogens (tertiary/aromatic N) is 1. The molecule has 3 rings (SSSR count). The fourth-order valence-corrected chi connectivity index (χ4v) is 4.06. The van der Waals surface area contributed by atoms with Crippen LogP contribution in [0.15, 0.2) is 59.5 Å². The van der Waals surface area contributed by atoms with Crippen molar-refractivity contribution in [1.29, 1.82) is 0 Å². The Kier molecular flexibility index (Phi) is 4.90. The topological polar surface area (TPSA) is 49.4 Å². The van der Waals surface area contributed by atoms with Crippen LogP contribution in [0.4, 0.5) is 5.69 Å². The summed E-state index contributed by atoms with van der Waals surface area (Å²) < 4.78 is 27.2. The predicted molar refractivity (Wildman–Crippen MR) is 93.4 cm³/mol. The van der Waals surface area contributed by atoms with Gasteiger partial charge < -0.3 is 4.90 Å². The van der Waals surface area contributed by atoms with Crippen molar-refractivity contribution in [3.63, 3.8) is 0 Å². The molecule has 1 atom stereocenters. The van der Waals surface area contributed by atoms with Crippen LogP contribution in [0.1, 0.15) is 6.42 Å². The van der Waals surface area contributed by atoms with Crippen LogP contribution in [0, 0.1) is 5.92 Å². The summed E-state index contributed by atoms with van der Waals surface area (Å²) >= 11 is 5.91. The minimum absolute atomic E-state index is 0.309. The molecule has 1 unspecified atom stereocenters. The second-order valence-corrected chi connectivity index (χ2v) is 7.95. The molecule has 1 saturated heterocycles. The number of rotatable bonds is 5. The second kappa shape index (κ2) is 6.91. The molecule has 1 aliphatic rings. The third kappa shape index (κ3) is 4.05. The van der Waals surface area contributed by atoms with E-state index in [0.29, 0.717) is 17.4 Å². The summed E-state index contributed by atoms with van der Waals surface area (Å²) in [5, 5.41) is 0.722. The summed E-state index contributed by atoms with van der Waals surface area (Å²) in [6.45, 7) is 2.24. The first-order chi connectivity index (χ1) is 11.0. The van der Waals surface area contributed by atoms with E-state index in [0.717, 1.165) is 30.2 Å². The molecule has 2 aromatic rings. The SMILES string of the molecule is O=S(=O)(NCC1CCN(c2ccc(Cl)cc2)C1)c1ccccc1. The van der Waals surface area contributed by atoms with Crippen molar-refractivity contribution in [3.8, 4) is 0 Å². The van der Waals surface area contributed by atoms with E-state index < -0.39 is 10.0 Å². The molecular weight excluding hydrogens is 332 g/mol. The maximum Gasteiger partial charge on any atom is 0.240 e. The van der Waals surface area contributed by atoms with Gasteiger partial charge in [0.2, 0.25) is 10.0 Å². The fraction of sp³-hybridized carbons (Fsp3) is 0.294. The molecule has 122 valence electrons. The standard InChI is InChI=1S/C17H19ClN2O2S/c18-15-6-8-16(9-7-15)20-11-10-14(13-20)12-19-23(21,22)17-4-2-1-3-5-17/h1-9,14,19H,10-13H2. The van der Waals surface area contributed by atoms with E-state index in [1.807, 2.05) is 24.3 Å². The highest BCUT2D eigenvalue weighted by Crippen LogP contribution is 2.25. The minimum atomic E-state index is -3.42. The fourth-order valence-electron chi connectivity index (χ4n) is 2.80. The van der Waals surface area contributed by atoms with Crippen LogP contribution in [0.5, 0.6) is 0 Å². The molecule has 1 heterocycles. The molecule has 0 bridgehead atoms. The first-order valence-corrected chi connectivity index (χ1v) is 9.46. The van der Waals surface area contributed by atoms with Gasteiger partial charge in [-0.25, -0.2) is 13.1 Å². The van der Waals surface area contributed by atoms with Gasteiger partial charge in [-0.05, 0) is 48.7 Å². The summed E-state index contributed by atoms with van der Waals surface area (Å²) in [7, 11) is -3.42. The lowest BCUT2D eigenvalue weighted by molar-refractivity contribution is 0.541. The Morgan fingerprint density at radius 1 is 1.09 bits per heavy atom. The van der Waals surface area contributed by atoms with Crippen LogP contribution in [0.2, 0.25) is 5.02 Å². The lowest BCUT2D eigenvalue weighted by atomic mass is 10.1. The third-order valence-electron chi connectivity index (χ3n) is 4.09. The van der Waals surface area contributed by atoms with E-state index >= 15 is 0 Å². The summed E-state index contributed by atoms with van der Waals surface area (Å²) in [6, 6.07) is 16.2. The third-order valence-corrected chi connectivity index (χ3v) is 5.78. The molecule has 6 heteroatoms. The zero-order valence-corrected chi connectivity index (χ0v) is 14.2. The minimum Gasteiger partial charge on any atom is -0.371 e. The van der Waals surface area contributed by atoms with E-state index in [9.17, 15) is 8.42 Å². The van der Waals surface area contributed by atoms with Gasteiger partial charge in [0.25, 0.3) is 0 Å². The van der Waals surface area contributed by atoms with E-state index in [4.69, 9.17) is 11.6 Å². The van der Waals surface area contributed by atoms with Crippen LogP contribution in [-0.4, -0.2) is 28.1 Å². The van der Waals surface area contributed by atoms with Gasteiger partial charge in [-0.15, -0.1) is 0 Å². The molecule has 0 spiro atoms. The lowest BCUT2D eigenvalue weighted by Gasteiger charge is -2.19. The Morgan fingerprint density at radius 2 is 1.78 bits per heavy atom. The highest BCUT2D eigenvalue weighted by molar-refractivity contribution is 7.89. The average Bonchev–Trinajstić information content (AvgIpc) is 3.04. The van der Waals surface area contributed by atoms with Gasteiger partial charge in [0.1, 0.15) is 0 Å². The maximum absolute atomic E-state index is 12.2. The van der Waals surface area contributed by atoms with Gasteiger partial charge in [0, 0.05) is 30.3 Å². The summed E-state index contributed by atoms with van der Waals surface area (Å²) in [5.74, 6) is 0.309. The van der Waals surface area contributed by atoms with Crippen molar-refractivity contribution in [3.05, 3.63) is 59.6 Å². The molecule has 0 aliphatic carbocycles. The molecule has 0 aromatic heterocycles. The molecular formula is C17H19ClN2O2S. The first-order valence-electron chi connectivity index (χ1n) is 7.60. The Hall–Kier alpha value is -1.56. The average molecular weight is 351 g/mol. The molecule has 23 heavy (non-hydrogen) atoms. The van der Waals surface area contributed by atoms with Crippen molar-refractivity contribution in [2.75, 3.05) is 24.5 Å². The summed E-state index contributed by atoms with van der Waals surface area (Å²) in [4.78, 5) is 2.57. The smallest absolute Gasteiger partial charge is 0.240 e. The Morgan fingerprint density at radius 3 is 2.48 bits per heavy atom. The van der Waals surface area contributed by atoms with Gasteiger partial charge in [0.05, 0.1) is 4.90 Å². The number of hydrogen-bond donors (Lipinski definition) is 1. The number of hydrogen-bond acceptors (Lipinski definition) is 3. The zero-order chi connectivity index (χ0) is 16.3. The van der Waals surface area contributed by atoms with Crippen LogP contribution < -0.4 is 9.62 Å². The molecule has 0 saturated carbocycles. The number of anilines is 1. The molecule has 0 amide bonds. The normalized spacial score (nSPS) is 18.3. The lowest BCUT2D eigenvalue weighted by Crippen LogP contribution is -2.31. The van der Waals surface area contributed by atoms with Gasteiger partial charge >= 0.3 is 0 Å². The summed E-state index contributed by atoms with van der Waals surface area (Å²) in [5.41, 5.74) is 1.13. The Labute approximate surface area is 142 Å². The molecule has 1 fully saturated rings. The number of benzene rings is 2. The maximum atomic E-state index is 12.2. The van der Waals surface area contributed by atoms with E-state index in [-0.39, 0.29) is 0 Å². The number of nitrogens with one attached hydrogen (secondary N) is 1. The van der Waals surface area contributed by atoms with E-state index in [1.165, 1.54) is 0 Å². The monoisotopic (exact) mass is 350 g/mol. The van der Waals surface area contributed by atoms with Crippen molar-refractivity contribution >= 4 is 27.3 Å². The largest absolute Gasteiger partial charge is 0.371 e. The molecule has 1 aliphatic heterocycles. The van der Waals surface area contributed by atoms with Crippen LogP contribution in [0.25, 0.3) is 0 Å². The van der Waals surface area contributed by atoms with Crippen LogP contribution in [0.3, 0.4) is 0 Å². The number of halogens is 1. The molecule has 2 aromatic carbocycles. The molecule has 4 nitrogen and oxygen atoms in total. The Balaban J connectivity index is 1.57. The van der Waals surface area contributed by atoms with Crippen LogP contribution >= 0.6 is 11.6 Å².